The molecular weight excluding hydrogens is 681 g/mol. The van der Waals surface area contributed by atoms with Crippen molar-refractivity contribution in [3.63, 3.8) is 0 Å². The van der Waals surface area contributed by atoms with E-state index >= 15 is 0 Å². The molecule has 0 bridgehead atoms. The molecule has 0 amide bonds. The van der Waals surface area contributed by atoms with E-state index in [4.69, 9.17) is 10.2 Å². The summed E-state index contributed by atoms with van der Waals surface area (Å²) in [4.78, 5) is 0. The van der Waals surface area contributed by atoms with Crippen molar-refractivity contribution < 1.29 is 43.8 Å². The molecule has 0 fully saturated rings. The predicted molar refractivity (Wildman–Crippen MR) is 211 cm³/mol. The molecule has 0 unspecified atom stereocenters. The molecule has 9 heteroatoms. The van der Waals surface area contributed by atoms with Crippen molar-refractivity contribution in [1.29, 1.82) is 0 Å². The van der Waals surface area contributed by atoms with Crippen molar-refractivity contribution in [1.82, 2.24) is 0 Å². The van der Waals surface area contributed by atoms with Gasteiger partial charge in [0.15, 0.2) is 11.5 Å². The van der Waals surface area contributed by atoms with Crippen LogP contribution in [0.5, 0.6) is 34.5 Å². The molecule has 0 saturated carbocycles. The van der Waals surface area contributed by atoms with Crippen LogP contribution >= 0.6 is 0 Å². The molecule has 6 N–H and O–H groups in total. The summed E-state index contributed by atoms with van der Waals surface area (Å²) in [5.41, 5.74) is 1.86. The molecule has 0 aliphatic rings. The lowest BCUT2D eigenvalue weighted by molar-refractivity contribution is -0.137. The number of phenols is 6. The molecule has 0 aliphatic carbocycles. The fourth-order valence-corrected chi connectivity index (χ4v) is 4.76. The van der Waals surface area contributed by atoms with Crippen LogP contribution in [0.25, 0.3) is 21.5 Å². The third-order valence-corrected chi connectivity index (χ3v) is 7.51. The third-order valence-electron chi connectivity index (χ3n) is 7.51. The second-order valence-corrected chi connectivity index (χ2v) is 12.0. The summed E-state index contributed by atoms with van der Waals surface area (Å²) in [6.07, 6.45) is -4.24. The van der Waals surface area contributed by atoms with Gasteiger partial charge in [-0.05, 0) is 78.4 Å². The molecule has 0 saturated heterocycles. The van der Waals surface area contributed by atoms with Crippen LogP contribution in [0, 0.1) is 6.92 Å². The molecule has 6 nitrogen and oxygen atoms in total. The summed E-state index contributed by atoms with van der Waals surface area (Å²) < 4.78 is 37.2. The van der Waals surface area contributed by atoms with Gasteiger partial charge in [-0.3, -0.25) is 0 Å². The summed E-state index contributed by atoms with van der Waals surface area (Å²) >= 11 is 0. The Bertz CT molecular complexity index is 1840. The van der Waals surface area contributed by atoms with Crippen LogP contribution in [0.2, 0.25) is 0 Å². The Morgan fingerprint density at radius 2 is 0.774 bits per heavy atom. The Morgan fingerprint density at radius 3 is 1.08 bits per heavy atom. The highest BCUT2D eigenvalue weighted by Gasteiger charge is 2.31. The fourth-order valence-electron chi connectivity index (χ4n) is 4.76. The third kappa shape index (κ3) is 13.8. The van der Waals surface area contributed by atoms with E-state index in [9.17, 15) is 33.6 Å². The van der Waals surface area contributed by atoms with Crippen LogP contribution in [-0.4, -0.2) is 30.6 Å². The first-order valence-corrected chi connectivity index (χ1v) is 17.5. The summed E-state index contributed by atoms with van der Waals surface area (Å²) in [6.45, 7) is 17.5. The number of phenolic OH excluding ortho intramolecular Hbond substituents is 6. The molecule has 6 rings (SSSR count). The molecule has 0 spiro atoms. The maximum atomic E-state index is 12.4. The Balaban J connectivity index is 0.000000343. The van der Waals surface area contributed by atoms with Gasteiger partial charge in [0.25, 0.3) is 0 Å². The monoisotopic (exact) mass is 734 g/mol. The lowest BCUT2D eigenvalue weighted by atomic mass is 9.98. The first kappa shape index (κ1) is 45.5. The summed E-state index contributed by atoms with van der Waals surface area (Å²) in [7, 11) is 0. The number of alkyl halides is 3. The van der Waals surface area contributed by atoms with Gasteiger partial charge in [-0.15, -0.1) is 0 Å². The highest BCUT2D eigenvalue weighted by Crippen LogP contribution is 2.33. The first-order chi connectivity index (χ1) is 25.0. The van der Waals surface area contributed by atoms with Crippen LogP contribution < -0.4 is 0 Å². The van der Waals surface area contributed by atoms with Gasteiger partial charge >= 0.3 is 6.18 Å². The number of rotatable bonds is 2. The van der Waals surface area contributed by atoms with Crippen LogP contribution in [0.1, 0.15) is 89.5 Å². The van der Waals surface area contributed by atoms with Gasteiger partial charge in [0, 0.05) is 21.5 Å². The predicted octanol–water partition coefficient (Wildman–Crippen LogP) is 12.9. The highest BCUT2D eigenvalue weighted by molar-refractivity contribution is 5.93. The van der Waals surface area contributed by atoms with Crippen molar-refractivity contribution in [3.8, 4) is 34.5 Å². The van der Waals surface area contributed by atoms with Gasteiger partial charge in [-0.25, -0.2) is 0 Å². The first-order valence-electron chi connectivity index (χ1n) is 17.5. The maximum absolute atomic E-state index is 12.4. The lowest BCUT2D eigenvalue weighted by Crippen LogP contribution is -2.06. The van der Waals surface area contributed by atoms with Gasteiger partial charge in [0.2, 0.25) is 0 Å². The Labute approximate surface area is 311 Å². The van der Waals surface area contributed by atoms with E-state index in [-0.39, 0.29) is 40.4 Å². The molecule has 53 heavy (non-hydrogen) atoms. The standard InChI is InChI=1S/C11H13F3.2C10H8O2.C9H12O2.2C2H6/c1-7(2)9-4-8(3)5-10(6-9)11(12,13)14;2*11-9-5-1-3-7-8(9)4-2-6-10(7)12;1-6(2)7-3-4-8(10)9(11)5-7;2*1-2/h4-7H,1-3H3;2*1-6,11-12H;3-6,10-11H,1-2H3;2*1-2H3. The van der Waals surface area contributed by atoms with E-state index in [1.807, 2.05) is 55.4 Å². The molecule has 0 aromatic heterocycles. The fraction of sp³-hybridized carbons (Fsp3) is 0.273. The molecule has 0 radical (unpaired) electrons. The molecule has 0 atom stereocenters. The van der Waals surface area contributed by atoms with Crippen LogP contribution in [0.3, 0.4) is 0 Å². The molecule has 6 aromatic rings. The van der Waals surface area contributed by atoms with Crippen molar-refractivity contribution in [2.24, 2.45) is 0 Å². The smallest absolute Gasteiger partial charge is 0.416 e. The van der Waals surface area contributed by atoms with Crippen molar-refractivity contribution in [2.45, 2.75) is 80.3 Å². The Kier molecular flexibility index (Phi) is 18.6. The van der Waals surface area contributed by atoms with Crippen molar-refractivity contribution in [2.75, 3.05) is 0 Å². The zero-order valence-electron chi connectivity index (χ0n) is 31.9. The highest BCUT2D eigenvalue weighted by atomic mass is 19.4. The van der Waals surface area contributed by atoms with Gasteiger partial charge in [-0.1, -0.05) is 122 Å². The largest absolute Gasteiger partial charge is 0.507 e. The summed E-state index contributed by atoms with van der Waals surface area (Å²) in [5, 5.41) is 58.3. The number of hydrogen-bond donors (Lipinski definition) is 6. The van der Waals surface area contributed by atoms with Gasteiger partial charge in [0.1, 0.15) is 23.0 Å². The zero-order valence-corrected chi connectivity index (χ0v) is 31.9. The maximum Gasteiger partial charge on any atom is 0.416 e. The summed E-state index contributed by atoms with van der Waals surface area (Å²) in [6, 6.07) is 29.4. The molecule has 0 aliphatic heterocycles. The van der Waals surface area contributed by atoms with Crippen LogP contribution in [0.4, 0.5) is 13.2 Å². The van der Waals surface area contributed by atoms with E-state index in [1.54, 1.807) is 97.9 Å². The van der Waals surface area contributed by atoms with E-state index in [1.165, 1.54) is 18.2 Å². The molecule has 0 heterocycles. The van der Waals surface area contributed by atoms with E-state index in [0.29, 0.717) is 33.0 Å². The average molecular weight is 735 g/mol. The van der Waals surface area contributed by atoms with Gasteiger partial charge in [0.05, 0.1) is 5.56 Å². The number of hydrogen-bond acceptors (Lipinski definition) is 6. The number of aromatic hydroxyl groups is 6. The zero-order chi connectivity index (χ0) is 40.5. The number of benzene rings is 6. The van der Waals surface area contributed by atoms with Gasteiger partial charge < -0.3 is 30.6 Å². The minimum atomic E-state index is -4.24. The Hall–Kier alpha value is -5.57. The quantitative estimate of drug-likeness (QED) is 0.0985. The average Bonchev–Trinajstić information content (AvgIpc) is 3.12. The van der Waals surface area contributed by atoms with Crippen LogP contribution in [0.15, 0.2) is 109 Å². The van der Waals surface area contributed by atoms with E-state index < -0.39 is 11.7 Å². The number of aryl methyl sites for hydroxylation is 1. The van der Waals surface area contributed by atoms with Crippen molar-refractivity contribution in [3.05, 3.63) is 131 Å². The topological polar surface area (TPSA) is 121 Å². The number of halogens is 3. The van der Waals surface area contributed by atoms with Crippen molar-refractivity contribution >= 4 is 21.5 Å². The van der Waals surface area contributed by atoms with Crippen LogP contribution in [-0.2, 0) is 6.18 Å². The normalized spacial score (nSPS) is 10.3. The minimum absolute atomic E-state index is 0.0452. The lowest BCUT2D eigenvalue weighted by Gasteiger charge is -2.12. The Morgan fingerprint density at radius 1 is 0.415 bits per heavy atom. The second kappa shape index (κ2) is 21.7. The molecule has 286 valence electrons. The minimum Gasteiger partial charge on any atom is -0.507 e. The van der Waals surface area contributed by atoms with E-state index in [2.05, 4.69) is 0 Å². The molecule has 6 aromatic carbocycles. The second-order valence-electron chi connectivity index (χ2n) is 12.0. The van der Waals surface area contributed by atoms with Gasteiger partial charge in [-0.2, -0.15) is 13.2 Å². The number of fused-ring (bicyclic) bond motifs is 2. The van der Waals surface area contributed by atoms with E-state index in [0.717, 1.165) is 11.1 Å². The SMILES string of the molecule is CC.CC.CC(C)c1ccc(O)c(O)c1.Cc1cc(C(C)C)cc(C(F)(F)F)c1.Oc1cccc2c(O)cccc12.Oc1cccc2c(O)cccc12. The summed E-state index contributed by atoms with van der Waals surface area (Å²) in [5.74, 6) is 1.18. The molecular formula is C44H53F3O6.